The fourth-order valence-corrected chi connectivity index (χ4v) is 2.69. The zero-order valence-electron chi connectivity index (χ0n) is 14.5. The highest BCUT2D eigenvalue weighted by molar-refractivity contribution is 5.99. The maximum Gasteiger partial charge on any atom is 0.340 e. The van der Waals surface area contributed by atoms with Gasteiger partial charge in [-0.15, -0.1) is 0 Å². The lowest BCUT2D eigenvalue weighted by Gasteiger charge is -2.12. The summed E-state index contributed by atoms with van der Waals surface area (Å²) in [6.07, 6.45) is 3.10. The number of nitrogens with one attached hydrogen (secondary N) is 1. The van der Waals surface area contributed by atoms with E-state index in [-0.39, 0.29) is 12.5 Å². The number of ether oxygens (including phenoxy) is 1. The molecule has 1 N–H and O–H groups in total. The molecule has 0 aliphatic rings. The van der Waals surface area contributed by atoms with E-state index >= 15 is 0 Å². The number of aryl methyl sites for hydroxylation is 2. The molecule has 0 spiro atoms. The predicted molar refractivity (Wildman–Crippen MR) is 94.0 cm³/mol. The molecule has 2 aromatic rings. The summed E-state index contributed by atoms with van der Waals surface area (Å²) in [7, 11) is 0. The first-order chi connectivity index (χ1) is 11.5. The molecule has 1 heterocycles. The summed E-state index contributed by atoms with van der Waals surface area (Å²) in [5, 5.41) is 3.67. The molecule has 2 rings (SSSR count). The molecule has 5 heteroatoms. The van der Waals surface area contributed by atoms with Crippen LogP contribution in [0.3, 0.4) is 0 Å². The quantitative estimate of drug-likeness (QED) is 0.625. The van der Waals surface area contributed by atoms with Gasteiger partial charge in [-0.05, 0) is 31.9 Å². The highest BCUT2D eigenvalue weighted by Crippen LogP contribution is 2.23. The molecule has 1 amide bonds. The molecule has 0 saturated heterocycles. The summed E-state index contributed by atoms with van der Waals surface area (Å²) >= 11 is 0. The van der Waals surface area contributed by atoms with Crippen molar-refractivity contribution in [2.24, 2.45) is 0 Å². The van der Waals surface area contributed by atoms with E-state index in [0.717, 1.165) is 35.7 Å². The Balaban J connectivity index is 2.02. The van der Waals surface area contributed by atoms with E-state index in [1.165, 1.54) is 0 Å². The number of rotatable bonds is 7. The lowest BCUT2D eigenvalue weighted by Crippen LogP contribution is -2.29. The number of fused-ring (bicyclic) bond motifs is 1. The van der Waals surface area contributed by atoms with Crippen LogP contribution in [0.4, 0.5) is 0 Å². The first-order valence-electron chi connectivity index (χ1n) is 8.34. The van der Waals surface area contributed by atoms with Crippen LogP contribution in [-0.4, -0.2) is 30.0 Å². The average molecular weight is 328 g/mol. The normalized spacial score (nSPS) is 10.6. The van der Waals surface area contributed by atoms with Crippen LogP contribution in [0.5, 0.6) is 0 Å². The van der Waals surface area contributed by atoms with Crippen LogP contribution in [0.25, 0.3) is 10.9 Å². The first kappa shape index (κ1) is 17.9. The highest BCUT2D eigenvalue weighted by atomic mass is 16.5. The smallest absolute Gasteiger partial charge is 0.340 e. The Morgan fingerprint density at radius 3 is 2.67 bits per heavy atom. The number of amides is 1. The van der Waals surface area contributed by atoms with Gasteiger partial charge in [-0.2, -0.15) is 0 Å². The molecule has 0 radical (unpaired) electrons. The number of pyridine rings is 1. The van der Waals surface area contributed by atoms with E-state index in [0.29, 0.717) is 17.8 Å². The third-order valence-electron chi connectivity index (χ3n) is 3.97. The standard InChI is InChI=1S/C19H24N2O3/c1-4-5-8-11-20-17(22)12-24-19(23)18-13(2)15-9-6-7-10-16(15)21-14(18)3/h6-7,9-10H,4-5,8,11-12H2,1-3H3,(H,20,22). The Morgan fingerprint density at radius 1 is 1.17 bits per heavy atom. The fourth-order valence-electron chi connectivity index (χ4n) is 2.69. The van der Waals surface area contributed by atoms with Crippen LogP contribution in [0.1, 0.15) is 47.8 Å². The molecule has 24 heavy (non-hydrogen) atoms. The summed E-state index contributed by atoms with van der Waals surface area (Å²) in [4.78, 5) is 28.5. The van der Waals surface area contributed by atoms with Gasteiger partial charge in [-0.25, -0.2) is 4.79 Å². The van der Waals surface area contributed by atoms with Crippen molar-refractivity contribution in [3.63, 3.8) is 0 Å². The van der Waals surface area contributed by atoms with Gasteiger partial charge in [-0.1, -0.05) is 38.0 Å². The largest absolute Gasteiger partial charge is 0.452 e. The van der Waals surface area contributed by atoms with Crippen LogP contribution in [-0.2, 0) is 9.53 Å². The van der Waals surface area contributed by atoms with Crippen molar-refractivity contribution in [2.45, 2.75) is 40.0 Å². The first-order valence-corrected chi connectivity index (χ1v) is 8.34. The number of hydrogen-bond donors (Lipinski definition) is 1. The number of esters is 1. The van der Waals surface area contributed by atoms with E-state index in [1.54, 1.807) is 6.92 Å². The number of aromatic nitrogens is 1. The maximum absolute atomic E-state index is 12.4. The van der Waals surface area contributed by atoms with E-state index in [1.807, 2.05) is 31.2 Å². The SMILES string of the molecule is CCCCCNC(=O)COC(=O)c1c(C)nc2ccccc2c1C. The summed E-state index contributed by atoms with van der Waals surface area (Å²) in [6, 6.07) is 7.66. The lowest BCUT2D eigenvalue weighted by atomic mass is 10.0. The van der Waals surface area contributed by atoms with Gasteiger partial charge >= 0.3 is 5.97 Å². The van der Waals surface area contributed by atoms with Gasteiger partial charge < -0.3 is 10.1 Å². The fraction of sp³-hybridized carbons (Fsp3) is 0.421. The van der Waals surface area contributed by atoms with Crippen LogP contribution < -0.4 is 5.32 Å². The number of para-hydroxylation sites is 1. The number of nitrogens with zero attached hydrogens (tertiary/aromatic N) is 1. The molecule has 1 aromatic heterocycles. The molecule has 5 nitrogen and oxygen atoms in total. The highest BCUT2D eigenvalue weighted by Gasteiger charge is 2.18. The summed E-state index contributed by atoms with van der Waals surface area (Å²) in [6.45, 7) is 6.10. The molecule has 128 valence electrons. The van der Waals surface area contributed by atoms with Gasteiger partial charge in [0.2, 0.25) is 0 Å². The lowest BCUT2D eigenvalue weighted by molar-refractivity contribution is -0.124. The molecule has 0 aliphatic carbocycles. The average Bonchev–Trinajstić information content (AvgIpc) is 2.57. The van der Waals surface area contributed by atoms with E-state index < -0.39 is 5.97 Å². The molecular formula is C19H24N2O3. The second kappa shape index (κ2) is 8.43. The number of benzene rings is 1. The summed E-state index contributed by atoms with van der Waals surface area (Å²) in [5.41, 5.74) is 2.72. The van der Waals surface area contributed by atoms with Crippen LogP contribution >= 0.6 is 0 Å². The minimum absolute atomic E-state index is 0.267. The van der Waals surface area contributed by atoms with Gasteiger partial charge in [0.05, 0.1) is 16.8 Å². The molecule has 0 unspecified atom stereocenters. The van der Waals surface area contributed by atoms with Gasteiger partial charge in [-0.3, -0.25) is 9.78 Å². The Labute approximate surface area is 142 Å². The minimum Gasteiger partial charge on any atom is -0.452 e. The van der Waals surface area contributed by atoms with Crippen molar-refractivity contribution in [3.8, 4) is 0 Å². The van der Waals surface area contributed by atoms with Gasteiger partial charge in [0.1, 0.15) is 0 Å². The molecule has 0 aliphatic heterocycles. The zero-order valence-corrected chi connectivity index (χ0v) is 14.5. The Kier molecular flexibility index (Phi) is 6.29. The molecule has 0 bridgehead atoms. The van der Waals surface area contributed by atoms with Gasteiger partial charge in [0.25, 0.3) is 5.91 Å². The molecule has 0 saturated carbocycles. The van der Waals surface area contributed by atoms with Crippen molar-refractivity contribution in [1.29, 1.82) is 0 Å². The zero-order chi connectivity index (χ0) is 17.5. The third-order valence-corrected chi connectivity index (χ3v) is 3.97. The predicted octanol–water partition coefficient (Wildman–Crippen LogP) is 3.31. The van der Waals surface area contributed by atoms with Gasteiger partial charge in [0, 0.05) is 11.9 Å². The Morgan fingerprint density at radius 2 is 1.92 bits per heavy atom. The second-order valence-electron chi connectivity index (χ2n) is 5.85. The van der Waals surface area contributed by atoms with Crippen molar-refractivity contribution >= 4 is 22.8 Å². The van der Waals surface area contributed by atoms with Crippen molar-refractivity contribution in [1.82, 2.24) is 10.3 Å². The van der Waals surface area contributed by atoms with Crippen molar-refractivity contribution < 1.29 is 14.3 Å². The third kappa shape index (κ3) is 4.31. The Hall–Kier alpha value is -2.43. The maximum atomic E-state index is 12.4. The topological polar surface area (TPSA) is 68.3 Å². The number of unbranched alkanes of at least 4 members (excludes halogenated alkanes) is 2. The number of carbonyl (C=O) groups excluding carboxylic acids is 2. The molecule has 0 atom stereocenters. The summed E-state index contributed by atoms with van der Waals surface area (Å²) < 4.78 is 5.17. The van der Waals surface area contributed by atoms with Crippen LogP contribution in [0.15, 0.2) is 24.3 Å². The van der Waals surface area contributed by atoms with E-state index in [9.17, 15) is 9.59 Å². The minimum atomic E-state index is -0.507. The van der Waals surface area contributed by atoms with Crippen LogP contribution in [0, 0.1) is 13.8 Å². The number of hydrogen-bond acceptors (Lipinski definition) is 4. The number of carbonyl (C=O) groups is 2. The second-order valence-corrected chi connectivity index (χ2v) is 5.85. The van der Waals surface area contributed by atoms with Crippen molar-refractivity contribution in [3.05, 3.63) is 41.1 Å². The van der Waals surface area contributed by atoms with Crippen LogP contribution in [0.2, 0.25) is 0 Å². The van der Waals surface area contributed by atoms with Gasteiger partial charge in [0.15, 0.2) is 6.61 Å². The molecular weight excluding hydrogens is 304 g/mol. The molecule has 0 fully saturated rings. The van der Waals surface area contributed by atoms with E-state index in [2.05, 4.69) is 17.2 Å². The Bertz CT molecular complexity index is 741. The van der Waals surface area contributed by atoms with Crippen molar-refractivity contribution in [2.75, 3.05) is 13.2 Å². The monoisotopic (exact) mass is 328 g/mol. The molecule has 1 aromatic carbocycles. The summed E-state index contributed by atoms with van der Waals surface area (Å²) in [5.74, 6) is -0.782. The van der Waals surface area contributed by atoms with E-state index in [4.69, 9.17) is 4.74 Å².